The number of carbonyl (C=O) groups is 1. The molecule has 1 amide bonds. The second-order valence-corrected chi connectivity index (χ2v) is 6.94. The van der Waals surface area contributed by atoms with Gasteiger partial charge in [0, 0.05) is 10.9 Å². The zero-order valence-corrected chi connectivity index (χ0v) is 13.4. The first-order valence-corrected chi connectivity index (χ1v) is 8.77. The van der Waals surface area contributed by atoms with Crippen molar-refractivity contribution in [2.75, 3.05) is 5.33 Å². The first-order chi connectivity index (χ1) is 9.71. The largest absolute Gasteiger partial charge is 0.349 e. The first-order valence-electron chi connectivity index (χ1n) is 7.65. The predicted molar refractivity (Wildman–Crippen MR) is 85.1 cm³/mol. The molecule has 20 heavy (non-hydrogen) atoms. The molecule has 2 nitrogen and oxygen atoms in total. The number of nitrogens with one attached hydrogen (secondary N) is 1. The SMILES string of the molecule is O=C(NC1(CBr)CCCCC1)C1(c2ccccc2)CC1. The van der Waals surface area contributed by atoms with Gasteiger partial charge in [-0.2, -0.15) is 0 Å². The van der Waals surface area contributed by atoms with E-state index in [0.29, 0.717) is 0 Å². The van der Waals surface area contributed by atoms with Gasteiger partial charge in [-0.15, -0.1) is 0 Å². The van der Waals surface area contributed by atoms with Crippen LogP contribution in [0, 0.1) is 0 Å². The Morgan fingerprint density at radius 2 is 1.70 bits per heavy atom. The van der Waals surface area contributed by atoms with E-state index in [1.165, 1.54) is 24.8 Å². The molecular weight excluding hydrogens is 314 g/mol. The Labute approximate surface area is 129 Å². The maximum Gasteiger partial charge on any atom is 0.231 e. The number of hydrogen-bond donors (Lipinski definition) is 1. The zero-order chi connectivity index (χ0) is 14.1. The number of amides is 1. The summed E-state index contributed by atoms with van der Waals surface area (Å²) in [5.41, 5.74) is 0.922. The summed E-state index contributed by atoms with van der Waals surface area (Å²) in [5.74, 6) is 0.241. The number of hydrogen-bond acceptors (Lipinski definition) is 1. The van der Waals surface area contributed by atoms with Crippen LogP contribution >= 0.6 is 15.9 Å². The van der Waals surface area contributed by atoms with Crippen molar-refractivity contribution in [3.05, 3.63) is 35.9 Å². The average Bonchev–Trinajstić information content (AvgIpc) is 3.31. The molecule has 2 aliphatic rings. The highest BCUT2D eigenvalue weighted by molar-refractivity contribution is 9.09. The Hall–Kier alpha value is -0.830. The summed E-state index contributed by atoms with van der Waals surface area (Å²) in [5, 5.41) is 4.27. The minimum Gasteiger partial charge on any atom is -0.349 e. The summed E-state index contributed by atoms with van der Waals surface area (Å²) in [4.78, 5) is 12.8. The van der Waals surface area contributed by atoms with Crippen LogP contribution in [0.2, 0.25) is 0 Å². The maximum atomic E-state index is 12.8. The Bertz CT molecular complexity index is 475. The summed E-state index contributed by atoms with van der Waals surface area (Å²) < 4.78 is 0. The van der Waals surface area contributed by atoms with Crippen LogP contribution in [0.15, 0.2) is 30.3 Å². The van der Waals surface area contributed by atoms with Crippen LogP contribution in [0.3, 0.4) is 0 Å². The van der Waals surface area contributed by atoms with Crippen molar-refractivity contribution >= 4 is 21.8 Å². The molecule has 2 saturated carbocycles. The van der Waals surface area contributed by atoms with E-state index < -0.39 is 0 Å². The Balaban J connectivity index is 1.76. The average molecular weight is 336 g/mol. The van der Waals surface area contributed by atoms with E-state index in [0.717, 1.165) is 31.0 Å². The van der Waals surface area contributed by atoms with Crippen molar-refractivity contribution in [3.8, 4) is 0 Å². The fourth-order valence-corrected chi connectivity index (χ4v) is 4.11. The topological polar surface area (TPSA) is 29.1 Å². The molecule has 2 fully saturated rings. The number of alkyl halides is 1. The molecule has 0 aromatic heterocycles. The van der Waals surface area contributed by atoms with Gasteiger partial charge in [-0.05, 0) is 31.2 Å². The summed E-state index contributed by atoms with van der Waals surface area (Å²) >= 11 is 3.63. The lowest BCUT2D eigenvalue weighted by molar-refractivity contribution is -0.125. The van der Waals surface area contributed by atoms with E-state index in [1.807, 2.05) is 18.2 Å². The molecule has 0 bridgehead atoms. The van der Waals surface area contributed by atoms with E-state index in [9.17, 15) is 4.79 Å². The molecule has 1 aromatic carbocycles. The van der Waals surface area contributed by atoms with Gasteiger partial charge in [0.25, 0.3) is 0 Å². The highest BCUT2D eigenvalue weighted by Gasteiger charge is 2.52. The molecule has 108 valence electrons. The maximum absolute atomic E-state index is 12.8. The lowest BCUT2D eigenvalue weighted by atomic mass is 9.82. The molecule has 0 aliphatic heterocycles. The number of carbonyl (C=O) groups excluding carboxylic acids is 1. The summed E-state index contributed by atoms with van der Waals surface area (Å²) in [7, 11) is 0. The molecule has 2 aliphatic carbocycles. The van der Waals surface area contributed by atoms with Gasteiger partial charge in [0.05, 0.1) is 5.41 Å². The lowest BCUT2D eigenvalue weighted by Gasteiger charge is -2.38. The van der Waals surface area contributed by atoms with Crippen LogP contribution in [-0.2, 0) is 10.2 Å². The molecule has 1 aromatic rings. The second kappa shape index (κ2) is 5.51. The van der Waals surface area contributed by atoms with Gasteiger partial charge in [-0.1, -0.05) is 65.5 Å². The van der Waals surface area contributed by atoms with Crippen molar-refractivity contribution in [1.82, 2.24) is 5.32 Å². The fraction of sp³-hybridized carbons (Fsp3) is 0.588. The van der Waals surface area contributed by atoms with Crippen LogP contribution in [-0.4, -0.2) is 16.8 Å². The van der Waals surface area contributed by atoms with E-state index in [1.54, 1.807) is 0 Å². The van der Waals surface area contributed by atoms with Gasteiger partial charge in [0.15, 0.2) is 0 Å². The Morgan fingerprint density at radius 1 is 1.05 bits per heavy atom. The smallest absolute Gasteiger partial charge is 0.231 e. The zero-order valence-electron chi connectivity index (χ0n) is 11.8. The van der Waals surface area contributed by atoms with Crippen LogP contribution < -0.4 is 5.32 Å². The van der Waals surface area contributed by atoms with Crippen LogP contribution in [0.5, 0.6) is 0 Å². The fourth-order valence-electron chi connectivity index (χ4n) is 3.41. The Morgan fingerprint density at radius 3 is 2.25 bits per heavy atom. The van der Waals surface area contributed by atoms with Crippen molar-refractivity contribution in [3.63, 3.8) is 0 Å². The molecule has 0 spiro atoms. The van der Waals surface area contributed by atoms with E-state index in [-0.39, 0.29) is 16.9 Å². The predicted octanol–water partition coefficient (Wildman–Crippen LogP) is 3.93. The van der Waals surface area contributed by atoms with Gasteiger partial charge in [-0.25, -0.2) is 0 Å². The third-order valence-corrected chi connectivity index (χ3v) is 6.03. The van der Waals surface area contributed by atoms with Gasteiger partial charge >= 0.3 is 0 Å². The van der Waals surface area contributed by atoms with Gasteiger partial charge in [0.1, 0.15) is 0 Å². The molecular formula is C17H22BrNO. The van der Waals surface area contributed by atoms with Gasteiger partial charge < -0.3 is 5.32 Å². The summed E-state index contributed by atoms with van der Waals surface area (Å²) in [6.07, 6.45) is 7.94. The van der Waals surface area contributed by atoms with Crippen molar-refractivity contribution in [1.29, 1.82) is 0 Å². The van der Waals surface area contributed by atoms with Crippen LogP contribution in [0.1, 0.15) is 50.5 Å². The van der Waals surface area contributed by atoms with E-state index >= 15 is 0 Å². The second-order valence-electron chi connectivity index (χ2n) is 6.38. The lowest BCUT2D eigenvalue weighted by Crippen LogP contribution is -2.54. The molecule has 0 saturated heterocycles. The number of rotatable bonds is 4. The highest BCUT2D eigenvalue weighted by Crippen LogP contribution is 2.49. The quantitative estimate of drug-likeness (QED) is 0.830. The third kappa shape index (κ3) is 2.52. The van der Waals surface area contributed by atoms with Gasteiger partial charge in [-0.3, -0.25) is 4.79 Å². The molecule has 1 N–H and O–H groups in total. The molecule has 3 rings (SSSR count). The van der Waals surface area contributed by atoms with Crippen molar-refractivity contribution in [2.45, 2.75) is 55.9 Å². The van der Waals surface area contributed by atoms with Crippen molar-refractivity contribution < 1.29 is 4.79 Å². The van der Waals surface area contributed by atoms with E-state index in [2.05, 4.69) is 33.4 Å². The highest BCUT2D eigenvalue weighted by atomic mass is 79.9. The minimum absolute atomic E-state index is 0.0142. The molecule has 0 unspecified atom stereocenters. The molecule has 3 heteroatoms. The number of benzene rings is 1. The summed E-state index contributed by atoms with van der Waals surface area (Å²) in [6, 6.07) is 10.3. The number of halogens is 1. The summed E-state index contributed by atoms with van der Waals surface area (Å²) in [6.45, 7) is 0. The Kier molecular flexibility index (Phi) is 3.89. The monoisotopic (exact) mass is 335 g/mol. The first kappa shape index (κ1) is 14.1. The van der Waals surface area contributed by atoms with Crippen molar-refractivity contribution in [2.24, 2.45) is 0 Å². The molecule has 0 heterocycles. The minimum atomic E-state index is -0.242. The standard InChI is InChI=1S/C17H22BrNO/c18-13-16(9-5-2-6-10-16)19-15(20)17(11-12-17)14-7-3-1-4-8-14/h1,3-4,7-8H,2,5-6,9-13H2,(H,19,20). The van der Waals surface area contributed by atoms with Crippen LogP contribution in [0.4, 0.5) is 0 Å². The molecule has 0 atom stereocenters. The third-order valence-electron chi connectivity index (χ3n) is 4.96. The molecule has 0 radical (unpaired) electrons. The van der Waals surface area contributed by atoms with Gasteiger partial charge in [0.2, 0.25) is 5.91 Å². The van der Waals surface area contributed by atoms with E-state index in [4.69, 9.17) is 0 Å². The van der Waals surface area contributed by atoms with Crippen LogP contribution in [0.25, 0.3) is 0 Å². The normalized spacial score (nSPS) is 23.1.